The fraction of sp³-hybridized carbons (Fsp3) is 0.929. The first kappa shape index (κ1) is 29.3. The Kier molecular flexibility index (Phi) is 20.4. The van der Waals surface area contributed by atoms with Crippen LogP contribution >= 0.6 is 69.6 Å². The Labute approximate surface area is 185 Å². The van der Waals surface area contributed by atoms with Gasteiger partial charge in [-0.1, -0.05) is 0 Å². The van der Waals surface area contributed by atoms with Crippen LogP contribution in [0.25, 0.3) is 0 Å². The highest BCUT2D eigenvalue weighted by Gasteiger charge is 2.46. The van der Waals surface area contributed by atoms with Gasteiger partial charge in [-0.2, -0.15) is 0 Å². The Hall–Kier alpha value is 1.05. The molecule has 0 heterocycles. The third-order valence-electron chi connectivity index (χ3n) is 2.95. The molecular formula is C14H28Cl6N4O2. The van der Waals surface area contributed by atoms with Crippen LogP contribution in [-0.2, 0) is 4.79 Å². The molecule has 0 aliphatic heterocycles. The molecule has 7 N–H and O–H groups in total. The van der Waals surface area contributed by atoms with Gasteiger partial charge in [-0.25, -0.2) is 0 Å². The molecule has 158 valence electrons. The zero-order chi connectivity index (χ0) is 20.7. The van der Waals surface area contributed by atoms with Crippen LogP contribution in [0.3, 0.4) is 0 Å². The molecule has 0 radical (unpaired) electrons. The summed E-state index contributed by atoms with van der Waals surface area (Å²) < 4.78 is 0. The van der Waals surface area contributed by atoms with E-state index in [1.807, 2.05) is 0 Å². The van der Waals surface area contributed by atoms with Gasteiger partial charge in [0, 0.05) is 46.2 Å². The molecule has 0 spiro atoms. The number of halogens is 6. The molecule has 0 amide bonds. The molecule has 1 aliphatic carbocycles. The molecule has 6 nitrogen and oxygen atoms in total. The quantitative estimate of drug-likeness (QED) is 0.271. The van der Waals surface area contributed by atoms with Gasteiger partial charge in [0.1, 0.15) is 0 Å². The highest BCUT2D eigenvalue weighted by molar-refractivity contribution is 6.45. The summed E-state index contributed by atoms with van der Waals surface area (Å²) in [6, 6.07) is 0. The number of aliphatic carboxylic acids is 1. The van der Waals surface area contributed by atoms with Gasteiger partial charge in [0.15, 0.2) is 0 Å². The third-order valence-corrected chi connectivity index (χ3v) is 6.98. The van der Waals surface area contributed by atoms with E-state index in [1.165, 1.54) is 0 Å². The number of rotatable bonds is 7. The monoisotopic (exact) mass is 494 g/mol. The molecule has 1 aliphatic rings. The Morgan fingerprint density at radius 2 is 0.923 bits per heavy atom. The minimum atomic E-state index is -0.833. The summed E-state index contributed by atoms with van der Waals surface area (Å²) >= 11 is 35.3. The minimum Gasteiger partial charge on any atom is -0.481 e. The van der Waals surface area contributed by atoms with Crippen molar-refractivity contribution in [2.75, 3.05) is 39.3 Å². The smallest absolute Gasteiger partial charge is 0.300 e. The Morgan fingerprint density at radius 3 is 1.08 bits per heavy atom. The molecule has 0 bridgehead atoms. The van der Waals surface area contributed by atoms with E-state index >= 15 is 0 Å². The van der Waals surface area contributed by atoms with Crippen LogP contribution in [-0.4, -0.2) is 82.6 Å². The summed E-state index contributed by atoms with van der Waals surface area (Å²) in [6.07, 6.45) is 0. The van der Waals surface area contributed by atoms with Gasteiger partial charge in [-0.3, -0.25) is 4.79 Å². The predicted octanol–water partition coefficient (Wildman–Crippen LogP) is 1.82. The summed E-state index contributed by atoms with van der Waals surface area (Å²) in [5, 5.41) is 11.1. The van der Waals surface area contributed by atoms with Gasteiger partial charge >= 0.3 is 0 Å². The van der Waals surface area contributed by atoms with E-state index in [0.717, 1.165) is 33.1 Å². The first-order valence-corrected chi connectivity index (χ1v) is 10.6. The highest BCUT2D eigenvalue weighted by Crippen LogP contribution is 2.39. The van der Waals surface area contributed by atoms with E-state index in [4.69, 9.17) is 91.0 Å². The molecule has 0 atom stereocenters. The van der Waals surface area contributed by atoms with Crippen molar-refractivity contribution in [3.8, 4) is 0 Å². The fourth-order valence-electron chi connectivity index (χ4n) is 1.68. The molecule has 0 aromatic carbocycles. The lowest BCUT2D eigenvalue weighted by atomic mass is 9.97. The molecule has 1 rings (SSSR count). The summed E-state index contributed by atoms with van der Waals surface area (Å²) in [4.78, 5) is 9.00. The van der Waals surface area contributed by atoms with Crippen molar-refractivity contribution >= 4 is 75.6 Å². The van der Waals surface area contributed by atoms with Gasteiger partial charge in [0.25, 0.3) is 5.97 Å². The molecule has 12 heteroatoms. The van der Waals surface area contributed by atoms with Crippen LogP contribution in [0.2, 0.25) is 0 Å². The van der Waals surface area contributed by atoms with Crippen molar-refractivity contribution in [2.24, 2.45) is 11.5 Å². The zero-order valence-corrected chi connectivity index (χ0v) is 19.0. The number of carbonyl (C=O) groups is 1. The van der Waals surface area contributed by atoms with E-state index in [-0.39, 0.29) is 0 Å². The topological polar surface area (TPSA) is 113 Å². The van der Waals surface area contributed by atoms with E-state index in [9.17, 15) is 0 Å². The van der Waals surface area contributed by atoms with Crippen LogP contribution in [0.1, 0.15) is 6.92 Å². The maximum Gasteiger partial charge on any atom is 0.300 e. The van der Waals surface area contributed by atoms with E-state index < -0.39 is 38.2 Å². The maximum absolute atomic E-state index is 9.00. The SMILES string of the molecule is CC(=O)O.ClC1C(Cl)C(Cl)C(Cl)C(Cl)C1Cl.NCCNCCNCCN. The molecule has 0 unspecified atom stereocenters. The number of hydrogen-bond acceptors (Lipinski definition) is 5. The summed E-state index contributed by atoms with van der Waals surface area (Å²) in [7, 11) is 0. The average molecular weight is 497 g/mol. The number of nitrogens with one attached hydrogen (secondary N) is 2. The van der Waals surface area contributed by atoms with Gasteiger partial charge in [0.05, 0.1) is 32.3 Å². The van der Waals surface area contributed by atoms with Gasteiger partial charge < -0.3 is 27.2 Å². The van der Waals surface area contributed by atoms with Crippen molar-refractivity contribution in [1.29, 1.82) is 0 Å². The number of alkyl halides is 6. The predicted molar refractivity (Wildman–Crippen MR) is 115 cm³/mol. The van der Waals surface area contributed by atoms with Crippen LogP contribution in [0.4, 0.5) is 0 Å². The second-order valence-corrected chi connectivity index (χ2v) is 8.29. The highest BCUT2D eigenvalue weighted by atomic mass is 35.5. The summed E-state index contributed by atoms with van der Waals surface area (Å²) in [6.45, 7) is 6.22. The van der Waals surface area contributed by atoms with E-state index in [2.05, 4.69) is 10.6 Å². The van der Waals surface area contributed by atoms with Gasteiger partial charge in [-0.15, -0.1) is 69.6 Å². The van der Waals surface area contributed by atoms with E-state index in [1.54, 1.807) is 0 Å². The number of hydrogen-bond donors (Lipinski definition) is 5. The van der Waals surface area contributed by atoms with Crippen molar-refractivity contribution in [1.82, 2.24) is 10.6 Å². The zero-order valence-electron chi connectivity index (χ0n) is 14.5. The fourth-order valence-corrected chi connectivity index (χ4v) is 4.01. The second-order valence-electron chi connectivity index (χ2n) is 5.26. The Bertz CT molecular complexity index is 289. The molecule has 0 aromatic heterocycles. The van der Waals surface area contributed by atoms with Crippen LogP contribution in [0, 0.1) is 0 Å². The van der Waals surface area contributed by atoms with Crippen molar-refractivity contribution in [3.05, 3.63) is 0 Å². The summed E-state index contributed by atoms with van der Waals surface area (Å²) in [5.74, 6) is -0.833. The molecule has 0 saturated heterocycles. The van der Waals surface area contributed by atoms with Gasteiger partial charge in [0.2, 0.25) is 0 Å². The number of carboxylic acid groups (broad SMARTS) is 1. The molecule has 1 fully saturated rings. The van der Waals surface area contributed by atoms with Crippen LogP contribution < -0.4 is 22.1 Å². The second kappa shape index (κ2) is 18.1. The first-order chi connectivity index (χ1) is 12.1. The molecule has 26 heavy (non-hydrogen) atoms. The normalized spacial score (nSPS) is 30.5. The maximum atomic E-state index is 9.00. The third kappa shape index (κ3) is 14.1. The lowest BCUT2D eigenvalue weighted by molar-refractivity contribution is -0.134. The Morgan fingerprint density at radius 1 is 0.731 bits per heavy atom. The largest absolute Gasteiger partial charge is 0.481 e. The van der Waals surface area contributed by atoms with Crippen molar-refractivity contribution < 1.29 is 9.90 Å². The lowest BCUT2D eigenvalue weighted by Crippen LogP contribution is -2.52. The van der Waals surface area contributed by atoms with Gasteiger partial charge in [-0.05, 0) is 0 Å². The first-order valence-electron chi connectivity index (χ1n) is 7.97. The minimum absolute atomic E-state index is 0.437. The summed E-state index contributed by atoms with van der Waals surface area (Å²) in [5.41, 5.74) is 10.5. The number of carboxylic acids is 1. The van der Waals surface area contributed by atoms with Crippen molar-refractivity contribution in [3.63, 3.8) is 0 Å². The number of nitrogens with two attached hydrogens (primary N) is 2. The Balaban J connectivity index is 0. The van der Waals surface area contributed by atoms with E-state index in [0.29, 0.717) is 13.1 Å². The molecule has 1 saturated carbocycles. The average Bonchev–Trinajstić information content (AvgIpc) is 2.60. The molecule has 0 aromatic rings. The van der Waals surface area contributed by atoms with Crippen LogP contribution in [0.15, 0.2) is 0 Å². The molecular weight excluding hydrogens is 469 g/mol. The van der Waals surface area contributed by atoms with Crippen LogP contribution in [0.5, 0.6) is 0 Å². The standard InChI is InChI=1S/C6H6Cl6.C6H18N4.C2H4O2/c7-1-2(8)4(10)6(12)5(11)3(1)9;7-1-3-9-5-6-10-4-2-8;1-2(3)4/h1-6H;9-10H,1-8H2;1H3,(H,3,4). The van der Waals surface area contributed by atoms with Crippen molar-refractivity contribution in [2.45, 2.75) is 39.2 Å². The lowest BCUT2D eigenvalue weighted by Gasteiger charge is -2.37.